The number of nitrogens with zero attached hydrogens (tertiary/aromatic N) is 3. The van der Waals surface area contributed by atoms with Gasteiger partial charge in [0.15, 0.2) is 5.17 Å². The minimum absolute atomic E-state index is 0.0355. The van der Waals surface area contributed by atoms with Crippen LogP contribution in [-0.2, 0) is 20.9 Å². The molecule has 4 rings (SSSR count). The largest absolute Gasteiger partial charge is 0.359 e. The van der Waals surface area contributed by atoms with E-state index in [4.69, 9.17) is 0 Å². The highest BCUT2D eigenvalue weighted by molar-refractivity contribution is 8.15. The van der Waals surface area contributed by atoms with Crippen molar-refractivity contribution >= 4 is 46.0 Å². The number of carbonyl (C=O) groups is 3. The molecule has 3 amide bonds. The van der Waals surface area contributed by atoms with Crippen LogP contribution < -0.4 is 10.2 Å². The predicted octanol–water partition coefficient (Wildman–Crippen LogP) is 3.53. The van der Waals surface area contributed by atoms with E-state index in [0.29, 0.717) is 29.4 Å². The quantitative estimate of drug-likeness (QED) is 0.703. The zero-order valence-corrected chi connectivity index (χ0v) is 19.3. The molecule has 0 aliphatic carbocycles. The third-order valence-electron chi connectivity index (χ3n) is 5.71. The van der Waals surface area contributed by atoms with Crippen LogP contribution in [0.1, 0.15) is 30.4 Å². The first-order valence-corrected chi connectivity index (χ1v) is 11.7. The normalized spacial score (nSPS) is 19.6. The molecule has 7 nitrogen and oxygen atoms in total. The van der Waals surface area contributed by atoms with Gasteiger partial charge in [0, 0.05) is 32.1 Å². The lowest BCUT2D eigenvalue weighted by Crippen LogP contribution is -2.33. The molecule has 2 aliphatic rings. The molecular formula is C24H25FN4O3S. The van der Waals surface area contributed by atoms with Crippen LogP contribution in [0.25, 0.3) is 0 Å². The van der Waals surface area contributed by atoms with Crippen LogP contribution in [-0.4, -0.2) is 46.6 Å². The van der Waals surface area contributed by atoms with Gasteiger partial charge in [0.2, 0.25) is 17.7 Å². The molecule has 33 heavy (non-hydrogen) atoms. The highest BCUT2D eigenvalue weighted by Gasteiger charge is 2.39. The van der Waals surface area contributed by atoms with E-state index >= 15 is 0 Å². The molecular weight excluding hydrogens is 443 g/mol. The molecule has 1 atom stereocenters. The second-order valence-corrected chi connectivity index (χ2v) is 9.22. The zero-order valence-electron chi connectivity index (χ0n) is 18.5. The molecule has 172 valence electrons. The van der Waals surface area contributed by atoms with Gasteiger partial charge in [-0.3, -0.25) is 19.3 Å². The summed E-state index contributed by atoms with van der Waals surface area (Å²) in [5.41, 5.74) is 2.62. The van der Waals surface area contributed by atoms with Crippen LogP contribution in [0.4, 0.5) is 15.8 Å². The van der Waals surface area contributed by atoms with Crippen LogP contribution in [0.5, 0.6) is 0 Å². The monoisotopic (exact) mass is 468 g/mol. The van der Waals surface area contributed by atoms with Crippen molar-refractivity contribution < 1.29 is 18.8 Å². The van der Waals surface area contributed by atoms with E-state index in [1.54, 1.807) is 24.0 Å². The molecule has 2 heterocycles. The van der Waals surface area contributed by atoms with Gasteiger partial charge in [-0.25, -0.2) is 9.38 Å². The molecule has 1 N–H and O–H groups in total. The number of benzene rings is 2. The Morgan fingerprint density at radius 1 is 1.21 bits per heavy atom. The van der Waals surface area contributed by atoms with E-state index in [1.807, 2.05) is 24.3 Å². The van der Waals surface area contributed by atoms with Gasteiger partial charge >= 0.3 is 0 Å². The molecule has 2 aromatic carbocycles. The van der Waals surface area contributed by atoms with Crippen LogP contribution in [0.15, 0.2) is 47.5 Å². The lowest BCUT2D eigenvalue weighted by Gasteiger charge is -2.19. The summed E-state index contributed by atoms with van der Waals surface area (Å²) in [6.07, 6.45) is 1.45. The van der Waals surface area contributed by atoms with Gasteiger partial charge in [-0.05, 0) is 48.7 Å². The number of aliphatic imine (C=N–C) groups is 1. The van der Waals surface area contributed by atoms with E-state index in [2.05, 4.69) is 10.3 Å². The fourth-order valence-electron chi connectivity index (χ4n) is 3.79. The number of thioether (sulfide) groups is 1. The summed E-state index contributed by atoms with van der Waals surface area (Å²) in [6.45, 7) is 2.65. The Bertz CT molecular complexity index is 1120. The predicted molar refractivity (Wildman–Crippen MR) is 127 cm³/mol. The molecule has 0 saturated carbocycles. The van der Waals surface area contributed by atoms with Crippen molar-refractivity contribution in [3.8, 4) is 0 Å². The van der Waals surface area contributed by atoms with E-state index in [-0.39, 0.29) is 36.5 Å². The Kier molecular flexibility index (Phi) is 6.78. The fourth-order valence-corrected chi connectivity index (χ4v) is 4.94. The van der Waals surface area contributed by atoms with Gasteiger partial charge in [-0.2, -0.15) is 0 Å². The fraction of sp³-hybridized carbons (Fsp3) is 0.333. The van der Waals surface area contributed by atoms with Crippen molar-refractivity contribution in [3.05, 3.63) is 59.4 Å². The average molecular weight is 469 g/mol. The van der Waals surface area contributed by atoms with Crippen LogP contribution >= 0.6 is 11.8 Å². The van der Waals surface area contributed by atoms with Crippen molar-refractivity contribution in [1.29, 1.82) is 0 Å². The van der Waals surface area contributed by atoms with Crippen molar-refractivity contribution in [3.63, 3.8) is 0 Å². The van der Waals surface area contributed by atoms with Crippen molar-refractivity contribution in [2.45, 2.75) is 38.0 Å². The summed E-state index contributed by atoms with van der Waals surface area (Å²) in [4.78, 5) is 44.8. The number of aryl methyl sites for hydroxylation is 1. The van der Waals surface area contributed by atoms with Crippen LogP contribution in [0, 0.1) is 12.7 Å². The van der Waals surface area contributed by atoms with E-state index < -0.39 is 5.25 Å². The lowest BCUT2D eigenvalue weighted by molar-refractivity contribution is -0.129. The first kappa shape index (κ1) is 23.0. The molecule has 2 aliphatic heterocycles. The Morgan fingerprint density at radius 2 is 1.97 bits per heavy atom. The Balaban J connectivity index is 1.58. The summed E-state index contributed by atoms with van der Waals surface area (Å²) >= 11 is 1.21. The number of amides is 3. The van der Waals surface area contributed by atoms with E-state index in [0.717, 1.165) is 17.7 Å². The maximum atomic E-state index is 14.0. The highest BCUT2D eigenvalue weighted by atomic mass is 32.2. The Morgan fingerprint density at radius 3 is 2.61 bits per heavy atom. The highest BCUT2D eigenvalue weighted by Crippen LogP contribution is 2.33. The van der Waals surface area contributed by atoms with Gasteiger partial charge < -0.3 is 10.2 Å². The number of hydrogen-bond donors (Lipinski definition) is 1. The number of rotatable bonds is 6. The van der Waals surface area contributed by atoms with Crippen molar-refractivity contribution in [2.75, 3.05) is 18.5 Å². The number of hydrogen-bond acceptors (Lipinski definition) is 5. The summed E-state index contributed by atoms with van der Waals surface area (Å²) in [6, 6.07) is 12.2. The van der Waals surface area contributed by atoms with Crippen molar-refractivity contribution in [2.24, 2.45) is 4.99 Å². The van der Waals surface area contributed by atoms with Gasteiger partial charge in [0.25, 0.3) is 0 Å². The number of anilines is 1. The minimum Gasteiger partial charge on any atom is -0.359 e. The van der Waals surface area contributed by atoms with Crippen LogP contribution in [0.2, 0.25) is 0 Å². The number of amidine groups is 1. The maximum Gasteiger partial charge on any atom is 0.242 e. The summed E-state index contributed by atoms with van der Waals surface area (Å²) in [5, 5.41) is 2.38. The minimum atomic E-state index is -0.597. The third-order valence-corrected chi connectivity index (χ3v) is 6.89. The van der Waals surface area contributed by atoms with Crippen LogP contribution in [0.3, 0.4) is 0 Å². The van der Waals surface area contributed by atoms with Crippen molar-refractivity contribution in [1.82, 2.24) is 10.2 Å². The number of halogens is 1. The molecule has 1 unspecified atom stereocenters. The molecule has 2 fully saturated rings. The molecule has 9 heteroatoms. The lowest BCUT2D eigenvalue weighted by atomic mass is 10.1. The molecule has 2 aromatic rings. The zero-order chi connectivity index (χ0) is 23.5. The number of carbonyl (C=O) groups excluding carboxylic acids is 3. The topological polar surface area (TPSA) is 82.1 Å². The molecule has 0 bridgehead atoms. The second kappa shape index (κ2) is 9.74. The Labute approximate surface area is 196 Å². The first-order valence-electron chi connectivity index (χ1n) is 10.8. The SMILES string of the molecule is CNC(=O)CC1SC(=Nc2ccc(C)c(F)c2)N(Cc2ccc(N3CCCC3=O)cc2)C1=O. The summed E-state index contributed by atoms with van der Waals surface area (Å²) in [7, 11) is 1.53. The molecule has 0 spiro atoms. The van der Waals surface area contributed by atoms with Gasteiger partial charge in [0.1, 0.15) is 11.1 Å². The standard InChI is InChI=1S/C24H25FN4O3S/c1-15-5-8-17(12-19(15)25)27-24-29(23(32)20(33-24)13-21(30)26-2)14-16-6-9-18(10-7-16)28-11-3-4-22(28)31/h5-10,12,20H,3-4,11,13-14H2,1-2H3,(H,26,30). The Hall–Kier alpha value is -3.20. The van der Waals surface area contributed by atoms with E-state index in [1.165, 1.54) is 29.8 Å². The summed E-state index contributed by atoms with van der Waals surface area (Å²) in [5.74, 6) is -0.700. The van der Waals surface area contributed by atoms with Gasteiger partial charge in [-0.1, -0.05) is 30.0 Å². The molecule has 0 radical (unpaired) electrons. The van der Waals surface area contributed by atoms with Gasteiger partial charge in [-0.15, -0.1) is 0 Å². The molecule has 2 saturated heterocycles. The smallest absolute Gasteiger partial charge is 0.242 e. The van der Waals surface area contributed by atoms with E-state index in [9.17, 15) is 18.8 Å². The molecule has 0 aromatic heterocycles. The maximum absolute atomic E-state index is 14.0. The first-order chi connectivity index (χ1) is 15.9. The summed E-state index contributed by atoms with van der Waals surface area (Å²) < 4.78 is 14.0. The van der Waals surface area contributed by atoms with Gasteiger partial charge in [0.05, 0.1) is 12.2 Å². The third kappa shape index (κ3) is 5.08. The second-order valence-electron chi connectivity index (χ2n) is 8.05. The average Bonchev–Trinajstić information content (AvgIpc) is 3.35. The number of nitrogens with one attached hydrogen (secondary N) is 1.